The Balaban J connectivity index is 1.40. The summed E-state index contributed by atoms with van der Waals surface area (Å²) >= 11 is 1.15. The Morgan fingerprint density at radius 1 is 1.07 bits per heavy atom. The summed E-state index contributed by atoms with van der Waals surface area (Å²) < 4.78 is 11.0. The summed E-state index contributed by atoms with van der Waals surface area (Å²) in [5.74, 6) is -0.119. The predicted molar refractivity (Wildman–Crippen MR) is 102 cm³/mol. The topological polar surface area (TPSA) is 93.5 Å². The van der Waals surface area contributed by atoms with Crippen LogP contribution in [-0.2, 0) is 9.59 Å². The van der Waals surface area contributed by atoms with Crippen molar-refractivity contribution >= 4 is 34.7 Å². The van der Waals surface area contributed by atoms with Gasteiger partial charge >= 0.3 is 0 Å². The van der Waals surface area contributed by atoms with Crippen LogP contribution in [0.25, 0.3) is 11.1 Å². The summed E-state index contributed by atoms with van der Waals surface area (Å²) in [7, 11) is 0. The van der Waals surface area contributed by atoms with Crippen molar-refractivity contribution in [3.05, 3.63) is 53.6 Å². The van der Waals surface area contributed by atoms with Gasteiger partial charge in [-0.1, -0.05) is 36.0 Å². The van der Waals surface area contributed by atoms with Crippen LogP contribution < -0.4 is 15.6 Å². The van der Waals surface area contributed by atoms with Gasteiger partial charge in [-0.2, -0.15) is 0 Å². The summed E-state index contributed by atoms with van der Waals surface area (Å²) in [4.78, 5) is 27.9. The number of ether oxygens (including phenoxy) is 1. The number of carbonyl (C=O) groups excluding carboxylic acids is 2. The number of nitrogens with zero attached hydrogens (tertiary/aromatic N) is 1. The zero-order valence-corrected chi connectivity index (χ0v) is 15.8. The second-order valence-electron chi connectivity index (χ2n) is 5.82. The molecule has 0 saturated heterocycles. The molecule has 2 amide bonds. The van der Waals surface area contributed by atoms with Gasteiger partial charge in [0.2, 0.25) is 5.91 Å². The standard InChI is InChI=1S/C19H19N3O4S/c1-12-6-5-9-15(13(12)2)25-10-17(23)21-22-18(24)11-27-19-20-14-7-3-4-8-16(14)26-19/h3-9H,10-11H2,1-2H3,(H,21,23)(H,22,24). The summed E-state index contributed by atoms with van der Waals surface area (Å²) in [5, 5.41) is 0.399. The molecule has 27 heavy (non-hydrogen) atoms. The summed E-state index contributed by atoms with van der Waals surface area (Å²) in [6, 6.07) is 13.0. The molecule has 0 unspecified atom stereocenters. The smallest absolute Gasteiger partial charge is 0.276 e. The first kappa shape index (κ1) is 18.8. The number of carbonyl (C=O) groups is 2. The molecule has 0 bridgehead atoms. The van der Waals surface area contributed by atoms with Crippen molar-refractivity contribution in [3.63, 3.8) is 0 Å². The zero-order valence-electron chi connectivity index (χ0n) is 14.9. The van der Waals surface area contributed by atoms with Crippen molar-refractivity contribution in [2.75, 3.05) is 12.4 Å². The molecule has 0 radical (unpaired) electrons. The number of hydrogen-bond acceptors (Lipinski definition) is 6. The van der Waals surface area contributed by atoms with Crippen molar-refractivity contribution in [2.24, 2.45) is 0 Å². The Morgan fingerprint density at radius 2 is 1.85 bits per heavy atom. The molecule has 2 N–H and O–H groups in total. The first-order valence-electron chi connectivity index (χ1n) is 8.28. The van der Waals surface area contributed by atoms with Gasteiger partial charge in [0.15, 0.2) is 12.2 Å². The molecule has 0 aliphatic carbocycles. The number of fused-ring (bicyclic) bond motifs is 1. The first-order chi connectivity index (χ1) is 13.0. The lowest BCUT2D eigenvalue weighted by molar-refractivity contribution is -0.128. The second-order valence-corrected chi connectivity index (χ2v) is 6.75. The molecule has 1 heterocycles. The fraction of sp³-hybridized carbons (Fsp3) is 0.211. The molecule has 0 spiro atoms. The molecule has 8 heteroatoms. The molecular formula is C19H19N3O4S. The van der Waals surface area contributed by atoms with E-state index in [1.807, 2.05) is 50.2 Å². The van der Waals surface area contributed by atoms with Gasteiger partial charge < -0.3 is 9.15 Å². The van der Waals surface area contributed by atoms with E-state index in [0.29, 0.717) is 16.6 Å². The van der Waals surface area contributed by atoms with Crippen LogP contribution in [-0.4, -0.2) is 29.2 Å². The molecule has 0 fully saturated rings. The van der Waals surface area contributed by atoms with Crippen LogP contribution in [0.1, 0.15) is 11.1 Å². The van der Waals surface area contributed by atoms with Gasteiger partial charge in [-0.25, -0.2) is 4.98 Å². The predicted octanol–water partition coefficient (Wildman–Crippen LogP) is 2.76. The van der Waals surface area contributed by atoms with Gasteiger partial charge in [0.05, 0.1) is 5.75 Å². The molecular weight excluding hydrogens is 366 g/mol. The highest BCUT2D eigenvalue weighted by atomic mass is 32.2. The third-order valence-electron chi connectivity index (χ3n) is 3.86. The van der Waals surface area contributed by atoms with Crippen molar-refractivity contribution in [3.8, 4) is 5.75 Å². The Hall–Kier alpha value is -3.00. The van der Waals surface area contributed by atoms with Gasteiger partial charge in [-0.05, 0) is 43.2 Å². The Labute approximate surface area is 160 Å². The van der Waals surface area contributed by atoms with E-state index in [1.165, 1.54) is 0 Å². The van der Waals surface area contributed by atoms with Crippen LogP contribution >= 0.6 is 11.8 Å². The molecule has 3 rings (SSSR count). The fourth-order valence-corrected chi connectivity index (χ4v) is 2.91. The Kier molecular flexibility index (Phi) is 5.97. The van der Waals surface area contributed by atoms with Crippen molar-refractivity contribution in [2.45, 2.75) is 19.1 Å². The quantitative estimate of drug-likeness (QED) is 0.501. The Morgan fingerprint density at radius 3 is 2.67 bits per heavy atom. The molecule has 140 valence electrons. The number of benzene rings is 2. The number of para-hydroxylation sites is 2. The van der Waals surface area contributed by atoms with E-state index in [4.69, 9.17) is 9.15 Å². The lowest BCUT2D eigenvalue weighted by atomic mass is 10.1. The molecule has 7 nitrogen and oxygen atoms in total. The van der Waals surface area contributed by atoms with E-state index in [-0.39, 0.29) is 18.3 Å². The number of hydrogen-bond donors (Lipinski definition) is 2. The number of aryl methyl sites for hydroxylation is 1. The van der Waals surface area contributed by atoms with E-state index in [1.54, 1.807) is 6.07 Å². The maximum absolute atomic E-state index is 11.9. The summed E-state index contributed by atoms with van der Waals surface area (Å²) in [6.45, 7) is 3.70. The minimum atomic E-state index is -0.448. The van der Waals surface area contributed by atoms with E-state index in [0.717, 1.165) is 28.4 Å². The average Bonchev–Trinajstić information content (AvgIpc) is 3.09. The minimum Gasteiger partial charge on any atom is -0.483 e. The van der Waals surface area contributed by atoms with Gasteiger partial charge in [0, 0.05) is 0 Å². The van der Waals surface area contributed by atoms with Crippen LogP contribution in [0.4, 0.5) is 0 Å². The summed E-state index contributed by atoms with van der Waals surface area (Å²) in [5.41, 5.74) is 8.12. The highest BCUT2D eigenvalue weighted by Crippen LogP contribution is 2.23. The number of oxazole rings is 1. The minimum absolute atomic E-state index is 0.0605. The van der Waals surface area contributed by atoms with Crippen LogP contribution in [0.5, 0.6) is 5.75 Å². The third kappa shape index (κ3) is 5.01. The fourth-order valence-electron chi connectivity index (χ4n) is 2.28. The van der Waals surface area contributed by atoms with Gasteiger partial charge in [0.25, 0.3) is 11.1 Å². The number of thioether (sulfide) groups is 1. The van der Waals surface area contributed by atoms with Crippen LogP contribution in [0.15, 0.2) is 52.1 Å². The molecule has 0 aliphatic heterocycles. The lowest BCUT2D eigenvalue weighted by Gasteiger charge is -2.11. The van der Waals surface area contributed by atoms with Crippen LogP contribution in [0.3, 0.4) is 0 Å². The highest BCUT2D eigenvalue weighted by Gasteiger charge is 2.11. The number of nitrogens with one attached hydrogen (secondary N) is 2. The maximum atomic E-state index is 11.9. The van der Waals surface area contributed by atoms with Gasteiger partial charge in [0.1, 0.15) is 11.3 Å². The summed E-state index contributed by atoms with van der Waals surface area (Å²) in [6.07, 6.45) is 0. The molecule has 1 aromatic heterocycles. The van der Waals surface area contributed by atoms with Crippen molar-refractivity contribution in [1.82, 2.24) is 15.8 Å². The number of amides is 2. The highest BCUT2D eigenvalue weighted by molar-refractivity contribution is 7.99. The number of rotatable bonds is 6. The van der Waals surface area contributed by atoms with E-state index >= 15 is 0 Å². The molecule has 0 atom stereocenters. The van der Waals surface area contributed by atoms with Crippen LogP contribution in [0, 0.1) is 13.8 Å². The molecule has 0 aliphatic rings. The van der Waals surface area contributed by atoms with Crippen molar-refractivity contribution < 1.29 is 18.7 Å². The van der Waals surface area contributed by atoms with Crippen molar-refractivity contribution in [1.29, 1.82) is 0 Å². The Bertz CT molecular complexity index is 937. The lowest BCUT2D eigenvalue weighted by Crippen LogP contribution is -2.44. The van der Waals surface area contributed by atoms with E-state index in [2.05, 4.69) is 15.8 Å². The molecule has 3 aromatic rings. The van der Waals surface area contributed by atoms with Gasteiger partial charge in [-0.3, -0.25) is 20.4 Å². The van der Waals surface area contributed by atoms with E-state index in [9.17, 15) is 9.59 Å². The molecule has 2 aromatic carbocycles. The SMILES string of the molecule is Cc1cccc(OCC(=O)NNC(=O)CSc2nc3ccccc3o2)c1C. The zero-order chi connectivity index (χ0) is 19.2. The molecule has 0 saturated carbocycles. The third-order valence-corrected chi connectivity index (χ3v) is 4.68. The first-order valence-corrected chi connectivity index (χ1v) is 9.26. The second kappa shape index (κ2) is 8.59. The van der Waals surface area contributed by atoms with E-state index < -0.39 is 5.91 Å². The number of hydrazine groups is 1. The average molecular weight is 385 g/mol. The normalized spacial score (nSPS) is 10.6. The number of aromatic nitrogens is 1. The van der Waals surface area contributed by atoms with Gasteiger partial charge in [-0.15, -0.1) is 0 Å². The largest absolute Gasteiger partial charge is 0.483 e. The van der Waals surface area contributed by atoms with Crippen LogP contribution in [0.2, 0.25) is 0 Å². The maximum Gasteiger partial charge on any atom is 0.276 e. The monoisotopic (exact) mass is 385 g/mol.